The molecule has 0 spiro atoms. The molecule has 2 N–H and O–H groups in total. The highest BCUT2D eigenvalue weighted by Gasteiger charge is 2.14. The van der Waals surface area contributed by atoms with Gasteiger partial charge in [-0.1, -0.05) is 18.2 Å². The number of hydrogen-bond donors (Lipinski definition) is 1. The van der Waals surface area contributed by atoms with Crippen LogP contribution >= 0.6 is 0 Å². The molecular weight excluding hydrogens is 196 g/mol. The smallest absolute Gasteiger partial charge is 0.0707 e. The first-order valence-electron chi connectivity index (χ1n) is 5.60. The molecule has 2 nitrogen and oxygen atoms in total. The summed E-state index contributed by atoms with van der Waals surface area (Å²) in [5.74, 6) is 0. The van der Waals surface area contributed by atoms with Gasteiger partial charge in [-0.25, -0.2) is 0 Å². The maximum atomic E-state index is 6.09. The molecule has 0 amide bonds. The topological polar surface area (TPSA) is 38.9 Å². The second-order valence-electron chi connectivity index (χ2n) is 5.11. The van der Waals surface area contributed by atoms with E-state index in [2.05, 4.69) is 37.0 Å². The summed E-state index contributed by atoms with van der Waals surface area (Å²) in [6.07, 6.45) is 0.872. The Labute approximate surface area is 96.5 Å². The Morgan fingerprint density at radius 1 is 1.25 bits per heavy atom. The fourth-order valence-electron chi connectivity index (χ4n) is 2.03. The van der Waals surface area contributed by atoms with Gasteiger partial charge in [-0.3, -0.25) is 4.98 Å². The molecule has 0 aliphatic carbocycles. The van der Waals surface area contributed by atoms with E-state index >= 15 is 0 Å². The Kier molecular flexibility index (Phi) is 2.68. The van der Waals surface area contributed by atoms with E-state index in [1.54, 1.807) is 0 Å². The Balaban J connectivity index is 2.59. The predicted octanol–water partition coefficient (Wildman–Crippen LogP) is 2.82. The molecule has 0 aliphatic heterocycles. The van der Waals surface area contributed by atoms with Gasteiger partial charge in [0.15, 0.2) is 0 Å². The van der Waals surface area contributed by atoms with Crippen LogP contribution in [0.5, 0.6) is 0 Å². The molecule has 2 aromatic rings. The standard InChI is InChI=1S/C14H18N2/c1-10-8-11(9-14(2,3)15)12-6-4-5-7-13(12)16-10/h4-8H,9,15H2,1-3H3. The van der Waals surface area contributed by atoms with E-state index in [9.17, 15) is 0 Å². The van der Waals surface area contributed by atoms with Crippen molar-refractivity contribution in [2.24, 2.45) is 5.73 Å². The molecule has 0 aliphatic rings. The molecule has 84 valence electrons. The lowest BCUT2D eigenvalue weighted by Gasteiger charge is -2.19. The van der Waals surface area contributed by atoms with Crippen LogP contribution in [0.3, 0.4) is 0 Å². The van der Waals surface area contributed by atoms with Crippen molar-refractivity contribution in [1.29, 1.82) is 0 Å². The third kappa shape index (κ3) is 2.39. The predicted molar refractivity (Wildman–Crippen MR) is 68.5 cm³/mol. The zero-order valence-electron chi connectivity index (χ0n) is 10.1. The van der Waals surface area contributed by atoms with Crippen molar-refractivity contribution in [3.8, 4) is 0 Å². The lowest BCUT2D eigenvalue weighted by atomic mass is 9.93. The van der Waals surface area contributed by atoms with Crippen molar-refractivity contribution in [2.45, 2.75) is 32.7 Å². The van der Waals surface area contributed by atoms with Gasteiger partial charge in [0.1, 0.15) is 0 Å². The summed E-state index contributed by atoms with van der Waals surface area (Å²) in [7, 11) is 0. The number of nitrogens with zero attached hydrogens (tertiary/aromatic N) is 1. The highest BCUT2D eigenvalue weighted by Crippen LogP contribution is 2.21. The summed E-state index contributed by atoms with van der Waals surface area (Å²) in [4.78, 5) is 4.53. The van der Waals surface area contributed by atoms with E-state index < -0.39 is 0 Å². The maximum Gasteiger partial charge on any atom is 0.0707 e. The van der Waals surface area contributed by atoms with Crippen molar-refractivity contribution in [3.05, 3.63) is 41.6 Å². The lowest BCUT2D eigenvalue weighted by molar-refractivity contribution is 0.518. The van der Waals surface area contributed by atoms with E-state index in [1.165, 1.54) is 10.9 Å². The summed E-state index contributed by atoms with van der Waals surface area (Å²) in [6, 6.07) is 10.4. The third-order valence-electron chi connectivity index (χ3n) is 2.58. The van der Waals surface area contributed by atoms with E-state index in [4.69, 9.17) is 5.73 Å². The maximum absolute atomic E-state index is 6.09. The van der Waals surface area contributed by atoms with Crippen LogP contribution in [0.1, 0.15) is 25.1 Å². The van der Waals surface area contributed by atoms with Gasteiger partial charge in [-0.05, 0) is 44.9 Å². The van der Waals surface area contributed by atoms with Gasteiger partial charge in [-0.15, -0.1) is 0 Å². The summed E-state index contributed by atoms with van der Waals surface area (Å²) in [5, 5.41) is 1.21. The molecule has 1 heterocycles. The van der Waals surface area contributed by atoms with Gasteiger partial charge in [0.05, 0.1) is 5.52 Å². The van der Waals surface area contributed by atoms with Crippen LogP contribution in [-0.4, -0.2) is 10.5 Å². The van der Waals surface area contributed by atoms with Crippen LogP contribution in [0.4, 0.5) is 0 Å². The zero-order chi connectivity index (χ0) is 11.8. The first kappa shape index (κ1) is 11.1. The highest BCUT2D eigenvalue weighted by molar-refractivity contribution is 5.82. The SMILES string of the molecule is Cc1cc(CC(C)(C)N)c2ccccc2n1. The van der Waals surface area contributed by atoms with Crippen molar-refractivity contribution in [2.75, 3.05) is 0 Å². The Morgan fingerprint density at radius 3 is 2.62 bits per heavy atom. The second-order valence-corrected chi connectivity index (χ2v) is 5.11. The average molecular weight is 214 g/mol. The van der Waals surface area contributed by atoms with Crippen molar-refractivity contribution in [3.63, 3.8) is 0 Å². The monoisotopic (exact) mass is 214 g/mol. The minimum atomic E-state index is -0.184. The van der Waals surface area contributed by atoms with Gasteiger partial charge >= 0.3 is 0 Å². The first-order chi connectivity index (χ1) is 7.46. The van der Waals surface area contributed by atoms with Crippen LogP contribution in [0.25, 0.3) is 10.9 Å². The number of benzene rings is 1. The van der Waals surface area contributed by atoms with Crippen molar-refractivity contribution >= 4 is 10.9 Å². The Morgan fingerprint density at radius 2 is 1.94 bits per heavy atom. The summed E-state index contributed by atoms with van der Waals surface area (Å²) in [5.41, 5.74) is 9.30. The molecule has 0 radical (unpaired) electrons. The molecule has 16 heavy (non-hydrogen) atoms. The number of nitrogens with two attached hydrogens (primary N) is 1. The van der Waals surface area contributed by atoms with Crippen LogP contribution in [-0.2, 0) is 6.42 Å². The molecule has 2 rings (SSSR count). The molecule has 0 saturated carbocycles. The number of aromatic nitrogens is 1. The van der Waals surface area contributed by atoms with Gasteiger partial charge < -0.3 is 5.73 Å². The number of pyridine rings is 1. The molecule has 0 fully saturated rings. The van der Waals surface area contributed by atoms with Crippen LogP contribution in [0.2, 0.25) is 0 Å². The zero-order valence-corrected chi connectivity index (χ0v) is 10.1. The molecule has 0 atom stereocenters. The molecule has 2 heteroatoms. The van der Waals surface area contributed by atoms with E-state index in [0.717, 1.165) is 17.6 Å². The van der Waals surface area contributed by atoms with Crippen LogP contribution < -0.4 is 5.73 Å². The number of fused-ring (bicyclic) bond motifs is 1. The molecule has 1 aromatic carbocycles. The number of aryl methyl sites for hydroxylation is 1. The fourth-order valence-corrected chi connectivity index (χ4v) is 2.03. The lowest BCUT2D eigenvalue weighted by Crippen LogP contribution is -2.34. The van der Waals surface area contributed by atoms with Gasteiger partial charge in [0.2, 0.25) is 0 Å². The number of rotatable bonds is 2. The molecule has 0 saturated heterocycles. The highest BCUT2D eigenvalue weighted by atomic mass is 14.7. The minimum absolute atomic E-state index is 0.184. The van der Waals surface area contributed by atoms with Crippen LogP contribution in [0.15, 0.2) is 30.3 Å². The summed E-state index contributed by atoms with van der Waals surface area (Å²) < 4.78 is 0. The quantitative estimate of drug-likeness (QED) is 0.835. The first-order valence-corrected chi connectivity index (χ1v) is 5.60. The molecule has 0 bridgehead atoms. The van der Waals surface area contributed by atoms with E-state index in [1.807, 2.05) is 19.1 Å². The molecule has 1 aromatic heterocycles. The number of hydrogen-bond acceptors (Lipinski definition) is 2. The fraction of sp³-hybridized carbons (Fsp3) is 0.357. The van der Waals surface area contributed by atoms with Crippen molar-refractivity contribution < 1.29 is 0 Å². The largest absolute Gasteiger partial charge is 0.325 e. The summed E-state index contributed by atoms with van der Waals surface area (Å²) in [6.45, 7) is 6.13. The Bertz CT molecular complexity index is 510. The minimum Gasteiger partial charge on any atom is -0.325 e. The van der Waals surface area contributed by atoms with Gasteiger partial charge in [-0.2, -0.15) is 0 Å². The Hall–Kier alpha value is -1.41. The normalized spacial score (nSPS) is 12.0. The summed E-state index contributed by atoms with van der Waals surface area (Å²) >= 11 is 0. The van der Waals surface area contributed by atoms with Gasteiger partial charge in [0.25, 0.3) is 0 Å². The van der Waals surface area contributed by atoms with E-state index in [0.29, 0.717) is 0 Å². The van der Waals surface area contributed by atoms with E-state index in [-0.39, 0.29) is 5.54 Å². The molecular formula is C14H18N2. The second kappa shape index (κ2) is 3.87. The third-order valence-corrected chi connectivity index (χ3v) is 2.58. The van der Waals surface area contributed by atoms with Gasteiger partial charge in [0, 0.05) is 16.6 Å². The average Bonchev–Trinajstić information content (AvgIpc) is 2.14. The van der Waals surface area contributed by atoms with Crippen molar-refractivity contribution in [1.82, 2.24) is 4.98 Å². The molecule has 0 unspecified atom stereocenters. The van der Waals surface area contributed by atoms with Crippen LogP contribution in [0, 0.1) is 6.92 Å². The number of para-hydroxylation sites is 1.